The highest BCUT2D eigenvalue weighted by Gasteiger charge is 2.28. The number of nitrogens with one attached hydrogen (secondary N) is 4. The molecule has 0 bridgehead atoms. The summed E-state index contributed by atoms with van der Waals surface area (Å²) in [6, 6.07) is 13.3. The Hall–Kier alpha value is -4.37. The molecule has 0 saturated carbocycles. The summed E-state index contributed by atoms with van der Waals surface area (Å²) < 4.78 is 28.4. The van der Waals surface area contributed by atoms with Crippen LogP contribution < -0.4 is 16.0 Å². The molecule has 4 aromatic rings. The van der Waals surface area contributed by atoms with Gasteiger partial charge in [-0.25, -0.2) is 13.8 Å². The van der Waals surface area contributed by atoms with E-state index < -0.39 is 17.5 Å². The molecular weight excluding hydrogens is 488 g/mol. The number of H-pyrrole nitrogens is 1. The molecule has 0 atom stereocenters. The lowest BCUT2D eigenvalue weighted by Crippen LogP contribution is -2.22. The first-order valence-corrected chi connectivity index (χ1v) is 12.3. The highest BCUT2D eigenvalue weighted by atomic mass is 19.1. The van der Waals surface area contributed by atoms with E-state index in [1.54, 1.807) is 24.3 Å². The number of hydrogen-bond donors (Lipinski definition) is 4. The van der Waals surface area contributed by atoms with Crippen LogP contribution in [0.15, 0.2) is 54.6 Å². The van der Waals surface area contributed by atoms with E-state index in [9.17, 15) is 14.0 Å². The number of nitrogens with zero attached hydrogens (tertiary/aromatic N) is 1. The molecular formula is C29H27F2N5O2. The van der Waals surface area contributed by atoms with Crippen molar-refractivity contribution in [2.75, 3.05) is 5.32 Å². The van der Waals surface area contributed by atoms with Crippen molar-refractivity contribution in [3.05, 3.63) is 94.3 Å². The van der Waals surface area contributed by atoms with Gasteiger partial charge in [0, 0.05) is 47.2 Å². The van der Waals surface area contributed by atoms with E-state index in [0.29, 0.717) is 46.2 Å². The van der Waals surface area contributed by atoms with Crippen molar-refractivity contribution in [2.45, 2.75) is 39.9 Å². The molecule has 38 heavy (non-hydrogen) atoms. The van der Waals surface area contributed by atoms with Gasteiger partial charge in [0.15, 0.2) is 0 Å². The molecule has 0 saturated heterocycles. The first-order chi connectivity index (χ1) is 18.2. The fraction of sp³-hybridized carbons (Fsp3) is 0.207. The Morgan fingerprint density at radius 3 is 2.45 bits per heavy atom. The van der Waals surface area contributed by atoms with E-state index >= 15 is 4.39 Å². The Balaban J connectivity index is 1.45. The molecule has 0 spiro atoms. The van der Waals surface area contributed by atoms with Gasteiger partial charge in [0.25, 0.3) is 11.8 Å². The molecule has 5 rings (SSSR count). The molecule has 2 amide bonds. The summed E-state index contributed by atoms with van der Waals surface area (Å²) in [7, 11) is 0. The minimum Gasteiger partial charge on any atom is -0.348 e. The van der Waals surface area contributed by atoms with Gasteiger partial charge >= 0.3 is 0 Å². The zero-order valence-corrected chi connectivity index (χ0v) is 21.2. The molecule has 7 nitrogen and oxygen atoms in total. The Morgan fingerprint density at radius 2 is 1.74 bits per heavy atom. The highest BCUT2D eigenvalue weighted by Crippen LogP contribution is 2.37. The summed E-state index contributed by atoms with van der Waals surface area (Å²) in [6.45, 7) is 6.92. The van der Waals surface area contributed by atoms with Crippen LogP contribution in [0.1, 0.15) is 51.5 Å². The average molecular weight is 516 g/mol. The first-order valence-electron chi connectivity index (χ1n) is 12.3. The van der Waals surface area contributed by atoms with Crippen LogP contribution in [-0.4, -0.2) is 27.8 Å². The van der Waals surface area contributed by atoms with Gasteiger partial charge in [0.1, 0.15) is 17.5 Å². The number of hydrogen-bond acceptors (Lipinski definition) is 4. The quantitative estimate of drug-likeness (QED) is 0.268. The maximum Gasteiger partial charge on any atom is 0.255 e. The van der Waals surface area contributed by atoms with Crippen molar-refractivity contribution in [2.24, 2.45) is 0 Å². The maximum atomic E-state index is 15.3. The SMILES string of the molecule is Cc1[nH]c(-c2ccc(-c3ccc(NC(=O)c4ccc(F)cc4)cc3F)c3c2C(=O)NC3)nc1CNC(C)C. The van der Waals surface area contributed by atoms with Crippen molar-refractivity contribution in [3.63, 3.8) is 0 Å². The lowest BCUT2D eigenvalue weighted by molar-refractivity contribution is 0.0965. The molecule has 1 aliphatic rings. The van der Waals surface area contributed by atoms with Crippen LogP contribution in [-0.2, 0) is 13.1 Å². The number of amides is 2. The lowest BCUT2D eigenvalue weighted by Gasteiger charge is -2.13. The van der Waals surface area contributed by atoms with Gasteiger partial charge < -0.3 is 20.9 Å². The Bertz CT molecular complexity index is 1540. The number of rotatable bonds is 7. The van der Waals surface area contributed by atoms with Gasteiger partial charge in [0.2, 0.25) is 0 Å². The predicted molar refractivity (Wildman–Crippen MR) is 142 cm³/mol. The maximum absolute atomic E-state index is 15.3. The summed E-state index contributed by atoms with van der Waals surface area (Å²) in [5.74, 6) is -1.13. The van der Waals surface area contributed by atoms with Crippen LogP contribution in [0.25, 0.3) is 22.5 Å². The molecule has 0 aliphatic carbocycles. The Morgan fingerprint density at radius 1 is 1.03 bits per heavy atom. The minimum atomic E-state index is -0.549. The number of imidazole rings is 1. The van der Waals surface area contributed by atoms with Crippen LogP contribution in [0.2, 0.25) is 0 Å². The van der Waals surface area contributed by atoms with Gasteiger partial charge in [-0.2, -0.15) is 0 Å². The number of carbonyl (C=O) groups is 2. The topological polar surface area (TPSA) is 98.9 Å². The largest absolute Gasteiger partial charge is 0.348 e. The molecule has 3 aromatic carbocycles. The molecule has 0 radical (unpaired) electrons. The summed E-state index contributed by atoms with van der Waals surface area (Å²) in [4.78, 5) is 33.3. The Labute approximate surface area is 218 Å². The standard InChI is InChI=1S/C29H27F2N5O2/c1-15(2)32-14-25-16(3)34-27(36-25)22-11-10-20(23-13-33-29(38)26(22)23)21-9-8-19(12-24(21)31)35-28(37)17-4-6-18(30)7-5-17/h4-12,15,32H,13-14H2,1-3H3,(H,33,38)(H,34,36)(H,35,37). The first kappa shape index (κ1) is 25.3. The second kappa shape index (κ2) is 10.2. The molecule has 2 heterocycles. The molecule has 0 fully saturated rings. The van der Waals surface area contributed by atoms with Crippen molar-refractivity contribution in [1.29, 1.82) is 0 Å². The van der Waals surface area contributed by atoms with Gasteiger partial charge in [-0.3, -0.25) is 9.59 Å². The fourth-order valence-corrected chi connectivity index (χ4v) is 4.51. The van der Waals surface area contributed by atoms with Crippen molar-refractivity contribution in [1.82, 2.24) is 20.6 Å². The third-order valence-electron chi connectivity index (χ3n) is 6.51. The second-order valence-electron chi connectivity index (χ2n) is 9.55. The number of carbonyl (C=O) groups excluding carboxylic acids is 2. The van der Waals surface area contributed by atoms with Crippen molar-refractivity contribution >= 4 is 17.5 Å². The zero-order valence-electron chi connectivity index (χ0n) is 21.2. The average Bonchev–Trinajstić information content (AvgIpc) is 3.45. The van der Waals surface area contributed by atoms with E-state index in [2.05, 4.69) is 34.8 Å². The molecule has 9 heteroatoms. The van der Waals surface area contributed by atoms with Crippen LogP contribution in [0, 0.1) is 18.6 Å². The van der Waals surface area contributed by atoms with Gasteiger partial charge in [-0.15, -0.1) is 0 Å². The molecule has 194 valence electrons. The van der Waals surface area contributed by atoms with Gasteiger partial charge in [0.05, 0.1) is 11.3 Å². The molecule has 1 aromatic heterocycles. The van der Waals surface area contributed by atoms with E-state index in [-0.39, 0.29) is 23.7 Å². The van der Waals surface area contributed by atoms with Crippen LogP contribution in [0.5, 0.6) is 0 Å². The molecule has 4 N–H and O–H groups in total. The van der Waals surface area contributed by atoms with Crippen molar-refractivity contribution in [3.8, 4) is 22.5 Å². The Kier molecular flexibility index (Phi) is 6.77. The van der Waals surface area contributed by atoms with Crippen LogP contribution in [0.3, 0.4) is 0 Å². The molecule has 0 unspecified atom stereocenters. The predicted octanol–water partition coefficient (Wildman–Crippen LogP) is 5.32. The number of halogens is 2. The molecule has 1 aliphatic heterocycles. The van der Waals surface area contributed by atoms with Gasteiger partial charge in [-0.05, 0) is 66.6 Å². The van der Waals surface area contributed by atoms with E-state index in [0.717, 1.165) is 11.4 Å². The number of aryl methyl sites for hydroxylation is 1. The number of anilines is 1. The smallest absolute Gasteiger partial charge is 0.255 e. The van der Waals surface area contributed by atoms with Gasteiger partial charge in [-0.1, -0.05) is 19.9 Å². The zero-order chi connectivity index (χ0) is 27.0. The fourth-order valence-electron chi connectivity index (χ4n) is 4.51. The van der Waals surface area contributed by atoms with E-state index in [4.69, 9.17) is 4.98 Å². The minimum absolute atomic E-state index is 0.239. The van der Waals surface area contributed by atoms with E-state index in [1.165, 1.54) is 30.3 Å². The normalized spacial score (nSPS) is 12.5. The third kappa shape index (κ3) is 4.92. The van der Waals surface area contributed by atoms with Crippen LogP contribution >= 0.6 is 0 Å². The van der Waals surface area contributed by atoms with Crippen LogP contribution in [0.4, 0.5) is 14.5 Å². The second-order valence-corrected chi connectivity index (χ2v) is 9.55. The summed E-state index contributed by atoms with van der Waals surface area (Å²) in [5, 5.41) is 8.82. The van der Waals surface area contributed by atoms with E-state index in [1.807, 2.05) is 6.92 Å². The monoisotopic (exact) mass is 515 g/mol. The van der Waals surface area contributed by atoms with Crippen molar-refractivity contribution < 1.29 is 18.4 Å². The summed E-state index contributed by atoms with van der Waals surface area (Å²) in [6.07, 6.45) is 0. The lowest BCUT2D eigenvalue weighted by atomic mass is 9.92. The number of aromatic amines is 1. The summed E-state index contributed by atoms with van der Waals surface area (Å²) >= 11 is 0. The summed E-state index contributed by atoms with van der Waals surface area (Å²) in [5.41, 5.74) is 4.99. The number of fused-ring (bicyclic) bond motifs is 1. The highest BCUT2D eigenvalue weighted by molar-refractivity contribution is 6.06. The number of benzene rings is 3. The third-order valence-corrected chi connectivity index (χ3v) is 6.51. The number of aromatic nitrogens is 2.